The molecule has 0 unspecified atom stereocenters. The molecule has 7 fully saturated rings. The average Bonchev–Trinajstić information content (AvgIpc) is 1.67. The van der Waals surface area contributed by atoms with Crippen molar-refractivity contribution in [3.05, 3.63) is 287 Å². The Morgan fingerprint density at radius 1 is 0.333 bits per heavy atom. The molecule has 0 atom stereocenters. The third-order valence-corrected chi connectivity index (χ3v) is 30.2. The molecule has 1 aliphatic heterocycles. The van der Waals surface area contributed by atoms with Gasteiger partial charge in [-0.15, -0.1) is 45.3 Å². The molecule has 7 aliphatic rings. The van der Waals surface area contributed by atoms with Gasteiger partial charge in [-0.2, -0.15) is 0 Å². The minimum Gasteiger partial charge on any atom is -0.453 e. The summed E-state index contributed by atoms with van der Waals surface area (Å²) in [6, 6.07) is 49.5. The molecule has 16 aromatic rings. The minimum absolute atomic E-state index is 0.0573. The molecule has 0 spiro atoms. The number of nitrogens with one attached hydrogen (secondary N) is 1. The number of nitrogens with zero attached hydrogens (tertiary/aromatic N) is 8. The number of rotatable bonds is 36. The second-order valence-electron chi connectivity index (χ2n) is 37.2. The zero-order chi connectivity index (χ0) is 96.8. The van der Waals surface area contributed by atoms with E-state index in [1.807, 2.05) is 85.3 Å². The number of Topliss-reactive ketones (excluding diaryl/α,β-unsaturated/α-hetero) is 4. The summed E-state index contributed by atoms with van der Waals surface area (Å²) in [5, 5.41) is 20.8. The Balaban J connectivity index is 0.000000118. The van der Waals surface area contributed by atoms with E-state index in [9.17, 15) is 41.8 Å². The van der Waals surface area contributed by atoms with Crippen LogP contribution in [0.2, 0.25) is 0 Å². The second kappa shape index (κ2) is 45.5. The number of aliphatic hydroxyl groups is 2. The molecular weight excluding hydrogens is 1870 g/mol. The number of aryl methyl sites for hydroxylation is 1. The van der Waals surface area contributed by atoms with E-state index in [-0.39, 0.29) is 90.6 Å². The summed E-state index contributed by atoms with van der Waals surface area (Å²) in [7, 11) is 0. The molecule has 1 saturated heterocycles. The number of pyridine rings is 8. The maximum Gasteiger partial charge on any atom is 0.166 e. The Hall–Kier alpha value is -12.7. The van der Waals surface area contributed by atoms with Gasteiger partial charge in [0.15, 0.2) is 46.3 Å². The smallest absolute Gasteiger partial charge is 0.166 e. The fraction of sp³-hybridized carbons (Fsp3) is 0.321. The number of fused-ring (bicyclic) bond motifs is 4. The lowest BCUT2D eigenvalue weighted by molar-refractivity contribution is -0.119. The lowest BCUT2D eigenvalue weighted by Gasteiger charge is -2.27. The van der Waals surface area contributed by atoms with Crippen molar-refractivity contribution in [3.63, 3.8) is 0 Å². The number of carbonyl (C=O) groups excluding carboxylic acids is 4. The van der Waals surface area contributed by atoms with Gasteiger partial charge in [0.05, 0.1) is 121 Å². The Kier molecular flexibility index (Phi) is 31.3. The molecule has 3 N–H and O–H groups in total. The summed E-state index contributed by atoms with van der Waals surface area (Å²) in [6.45, 7) is 4.98. The van der Waals surface area contributed by atoms with E-state index >= 15 is 0 Å². The molecule has 6 saturated carbocycles. The molecule has 0 bridgehead atoms. The van der Waals surface area contributed by atoms with E-state index in [0.29, 0.717) is 114 Å². The van der Waals surface area contributed by atoms with Crippen molar-refractivity contribution in [2.24, 2.45) is 23.7 Å². The SMILES string of the molecule is CCc1ccc(-c2cc3nccc(Oc4ccc(CC(=O)CC5CC5)cc4F)c3s2)nc1.O=C(Cc1ccc(Oc2ccnc3cc(-c4ccc(CO)cn4)sc23)c(F)c1)CC1CC1.O=C(Cc1ccc(Oc2ccnc3cc(-c4ccc(COC5CCC5)cn4)sc23)c(F)c1)CC1CC1.O=C(Cc1ccc(Oc2ccnc3cc(-c4ccc(COC5CNC5)cn4)sc23)c(F)c1)CC1CC1.OC1CCC1. The Morgan fingerprint density at radius 3 is 0.837 bits per heavy atom. The summed E-state index contributed by atoms with van der Waals surface area (Å²) < 4.78 is 97.9. The Morgan fingerprint density at radius 2 is 0.610 bits per heavy atom. The number of carbonyl (C=O) groups is 4. The van der Waals surface area contributed by atoms with E-state index in [1.54, 1.807) is 104 Å². The zero-order valence-electron chi connectivity index (χ0n) is 77.8. The highest BCUT2D eigenvalue weighted by molar-refractivity contribution is 7.23. The van der Waals surface area contributed by atoms with Crippen molar-refractivity contribution >= 4 is 109 Å². The molecule has 21 nitrogen and oxygen atoms in total. The molecule has 29 heteroatoms. The van der Waals surface area contributed by atoms with Crippen molar-refractivity contribution in [1.82, 2.24) is 45.2 Å². The molecule has 0 radical (unpaired) electrons. The van der Waals surface area contributed by atoms with Gasteiger partial charge in [-0.05, 0) is 262 Å². The van der Waals surface area contributed by atoms with Crippen molar-refractivity contribution in [2.75, 3.05) is 13.1 Å². The van der Waals surface area contributed by atoms with Gasteiger partial charge < -0.3 is 44.0 Å². The van der Waals surface area contributed by atoms with Gasteiger partial charge in [0, 0.05) is 138 Å². The van der Waals surface area contributed by atoms with Gasteiger partial charge in [0.25, 0.3) is 0 Å². The van der Waals surface area contributed by atoms with Crippen LogP contribution in [0, 0.1) is 46.9 Å². The molecule has 12 aromatic heterocycles. The summed E-state index contributed by atoms with van der Waals surface area (Å²) in [5.41, 5.74) is 13.1. The Labute approximate surface area is 829 Å². The Bertz CT molecular complexity index is 6720. The van der Waals surface area contributed by atoms with Crippen LogP contribution in [0.4, 0.5) is 17.6 Å². The van der Waals surface area contributed by atoms with Crippen LogP contribution >= 0.6 is 45.3 Å². The van der Waals surface area contributed by atoms with Crippen molar-refractivity contribution in [1.29, 1.82) is 0 Å². The second-order valence-corrected chi connectivity index (χ2v) is 41.4. The van der Waals surface area contributed by atoms with E-state index in [1.165, 1.54) is 88.0 Å². The van der Waals surface area contributed by atoms with E-state index in [4.69, 9.17) is 33.5 Å². The van der Waals surface area contributed by atoms with Gasteiger partial charge >= 0.3 is 0 Å². The number of aliphatic hydroxyl groups excluding tert-OH is 2. The summed E-state index contributed by atoms with van der Waals surface area (Å²) in [4.78, 5) is 88.2. The van der Waals surface area contributed by atoms with E-state index < -0.39 is 23.3 Å². The maximum absolute atomic E-state index is 14.8. The predicted octanol–water partition coefficient (Wildman–Crippen LogP) is 25.9. The maximum atomic E-state index is 14.8. The van der Waals surface area contributed by atoms with Gasteiger partial charge in [0.2, 0.25) is 0 Å². The molecule has 6 aliphatic carbocycles. The van der Waals surface area contributed by atoms with Crippen LogP contribution in [0.3, 0.4) is 0 Å². The third kappa shape index (κ3) is 26.4. The molecule has 4 aromatic carbocycles. The van der Waals surface area contributed by atoms with Crippen LogP contribution in [-0.4, -0.2) is 105 Å². The molecule has 13 heterocycles. The van der Waals surface area contributed by atoms with Gasteiger partial charge in [-0.1, -0.05) is 55.5 Å². The highest BCUT2D eigenvalue weighted by Gasteiger charge is 2.30. The fourth-order valence-electron chi connectivity index (χ4n) is 16.2. The lowest BCUT2D eigenvalue weighted by Crippen LogP contribution is -2.48. The van der Waals surface area contributed by atoms with Crippen LogP contribution in [0.1, 0.15) is 167 Å². The van der Waals surface area contributed by atoms with Gasteiger partial charge in [-0.3, -0.25) is 59.0 Å². The molecule has 0 amide bonds. The summed E-state index contributed by atoms with van der Waals surface area (Å²) in [5.74, 6) is 3.50. The first-order valence-electron chi connectivity index (χ1n) is 48.3. The highest BCUT2D eigenvalue weighted by Crippen LogP contribution is 2.46. The zero-order valence-corrected chi connectivity index (χ0v) is 81.1. The van der Waals surface area contributed by atoms with Crippen molar-refractivity contribution in [2.45, 2.75) is 193 Å². The first-order valence-corrected chi connectivity index (χ1v) is 51.5. The predicted molar refractivity (Wildman–Crippen MR) is 541 cm³/mol. The van der Waals surface area contributed by atoms with Gasteiger partial charge in [0.1, 0.15) is 46.1 Å². The van der Waals surface area contributed by atoms with Gasteiger partial charge in [-0.25, -0.2) is 17.6 Å². The van der Waals surface area contributed by atoms with Crippen molar-refractivity contribution < 1.29 is 75.4 Å². The quantitative estimate of drug-likeness (QED) is 0.0308. The molecular formula is C112H105F4N9O12S4. The number of ketones is 4. The number of benzene rings is 4. The summed E-state index contributed by atoms with van der Waals surface area (Å²) in [6.07, 6.45) is 34.9. The minimum atomic E-state index is -0.496. The fourth-order valence-corrected chi connectivity index (χ4v) is 20.3. The van der Waals surface area contributed by atoms with Crippen LogP contribution in [0.25, 0.3) is 83.2 Å². The van der Waals surface area contributed by atoms with E-state index in [2.05, 4.69) is 58.2 Å². The number of hydrogen-bond donors (Lipinski definition) is 3. The number of thiophene rings is 4. The third-order valence-electron chi connectivity index (χ3n) is 25.6. The number of aromatic nitrogens is 8. The average molecular weight is 1970 g/mol. The topological polar surface area (TPSA) is 279 Å². The molecule has 141 heavy (non-hydrogen) atoms. The van der Waals surface area contributed by atoms with E-state index in [0.717, 1.165) is 196 Å². The number of hydrogen-bond acceptors (Lipinski definition) is 25. The van der Waals surface area contributed by atoms with Crippen LogP contribution in [0.5, 0.6) is 46.0 Å². The monoisotopic (exact) mass is 1970 g/mol. The largest absolute Gasteiger partial charge is 0.453 e. The standard InChI is InChI=1S/C29H27FN2O3S.C28H26FN3O3S.C26H23FN2O2S.C25H21FN2O3S.C4H8O/c30-23-14-19(13-21(33)12-18-4-5-18)7-9-26(23)35-27-10-11-31-25-15-28(36-29(25)27)24-8-6-20(16-32-24)17-34-22-2-1-3-22;29-22-11-18(10-20(33)9-17-1-2-17)4-6-25(22)35-26-7-8-31-24-12-27(36-28(24)26)23-5-3-19(13-32-23)16-34-21-14-30-15-21;1-2-16-5-7-21(29-15-16)25-14-22-26(32-25)24(9-10-28-22)31-23-8-6-18(13-20(23)27)12-19(30)11-17-3-4-17;26-19-11-16(10-18(30)9-15-1-2-15)4-6-22(19)31-23-7-8-27-21-12-24(32-25(21)23)20-5-3-17(14-29)13-28-20;5-4-2-1-3-4/h6-11,14-16,18,22H,1-5,12-13,17H2;3-8,11-13,17,21,30H,1-2,9-10,14-16H2;5-10,13-15,17H,2-4,11-12H2,1H3;3-8,11-13,15,29H,1-2,9-10,14H2;4-5H,1-3H2. The molecule has 722 valence electrons. The number of ether oxygens (including phenoxy) is 6. The number of halogens is 4. The first kappa shape index (κ1) is 97.2. The normalized spacial score (nSPS) is 15.0. The summed E-state index contributed by atoms with van der Waals surface area (Å²) >= 11 is 6.00. The first-order chi connectivity index (χ1) is 68.8. The molecule has 23 rings (SSSR count). The van der Waals surface area contributed by atoms with Crippen LogP contribution in [0.15, 0.2) is 219 Å². The highest BCUT2D eigenvalue weighted by atomic mass is 32.1. The lowest BCUT2D eigenvalue weighted by atomic mass is 9.96. The van der Waals surface area contributed by atoms with Crippen LogP contribution < -0.4 is 24.3 Å². The van der Waals surface area contributed by atoms with Crippen LogP contribution in [-0.2, 0) is 80.6 Å². The van der Waals surface area contributed by atoms with Crippen molar-refractivity contribution in [3.8, 4) is 88.3 Å².